The predicted molar refractivity (Wildman–Crippen MR) is 99.4 cm³/mol. The lowest BCUT2D eigenvalue weighted by atomic mass is 9.97. The molecule has 0 saturated heterocycles. The van der Waals surface area contributed by atoms with Gasteiger partial charge in [-0.05, 0) is 36.2 Å². The van der Waals surface area contributed by atoms with Crippen molar-refractivity contribution in [1.29, 1.82) is 0 Å². The van der Waals surface area contributed by atoms with Crippen molar-refractivity contribution in [3.63, 3.8) is 0 Å². The number of hydrogen-bond donors (Lipinski definition) is 3. The van der Waals surface area contributed by atoms with Gasteiger partial charge >= 0.3 is 6.18 Å². The smallest absolute Gasteiger partial charge is 0.368 e. The summed E-state index contributed by atoms with van der Waals surface area (Å²) in [6, 6.07) is 6.64. The van der Waals surface area contributed by atoms with Crippen LogP contribution in [0, 0.1) is 0 Å². The first-order valence-corrected chi connectivity index (χ1v) is 8.49. The van der Waals surface area contributed by atoms with Gasteiger partial charge in [-0.3, -0.25) is 4.79 Å². The Morgan fingerprint density at radius 2 is 2.00 bits per heavy atom. The molecule has 3 aromatic rings. The zero-order chi connectivity index (χ0) is 20.5. The number of aromatic amines is 1. The lowest BCUT2D eigenvalue weighted by Gasteiger charge is -2.13. The number of benzene rings is 1. The van der Waals surface area contributed by atoms with Crippen molar-refractivity contribution < 1.29 is 18.0 Å². The van der Waals surface area contributed by atoms with Crippen LogP contribution in [0.15, 0.2) is 36.5 Å². The minimum absolute atomic E-state index is 0.0449. The van der Waals surface area contributed by atoms with E-state index in [0.717, 1.165) is 12.1 Å². The van der Waals surface area contributed by atoms with Crippen LogP contribution in [0.3, 0.4) is 0 Å². The number of nitrogen functional groups attached to an aromatic ring is 1. The van der Waals surface area contributed by atoms with Crippen LogP contribution in [0.2, 0.25) is 0 Å². The van der Waals surface area contributed by atoms with Crippen molar-refractivity contribution in [2.24, 2.45) is 0 Å². The number of amides is 1. The van der Waals surface area contributed by atoms with Crippen LogP contribution in [-0.4, -0.2) is 27.9 Å². The summed E-state index contributed by atoms with van der Waals surface area (Å²) in [6.07, 6.45) is -2.54. The van der Waals surface area contributed by atoms with Crippen molar-refractivity contribution in [2.75, 3.05) is 12.8 Å². The molecule has 28 heavy (non-hydrogen) atoms. The second kappa shape index (κ2) is 7.34. The van der Waals surface area contributed by atoms with E-state index in [2.05, 4.69) is 20.3 Å². The third-order valence-corrected chi connectivity index (χ3v) is 4.33. The van der Waals surface area contributed by atoms with E-state index in [4.69, 9.17) is 5.73 Å². The molecule has 4 N–H and O–H groups in total. The van der Waals surface area contributed by atoms with Gasteiger partial charge in [0.15, 0.2) is 0 Å². The van der Waals surface area contributed by atoms with Gasteiger partial charge in [0.1, 0.15) is 0 Å². The molecule has 0 radical (unpaired) electrons. The highest BCUT2D eigenvalue weighted by molar-refractivity contribution is 6.01. The highest BCUT2D eigenvalue weighted by Crippen LogP contribution is 2.36. The minimum Gasteiger partial charge on any atom is -0.368 e. The van der Waals surface area contributed by atoms with Gasteiger partial charge in [-0.15, -0.1) is 0 Å². The monoisotopic (exact) mass is 389 g/mol. The number of anilines is 1. The molecule has 0 aliphatic carbocycles. The standard InChI is InChI=1S/C19H18F3N5O/c1-3-10-4-5-11(19(20,21)22)8-12(10)16-13(17(28)24-2)9-15(26-16)14-6-7-25-18(23)27-14/h4-9,26H,3H2,1-2H3,(H,24,28)(H2,23,25,27). The molecule has 1 aromatic carbocycles. The number of carbonyl (C=O) groups excluding carboxylic acids is 1. The Balaban J connectivity index is 2.25. The highest BCUT2D eigenvalue weighted by atomic mass is 19.4. The number of aryl methyl sites for hydroxylation is 1. The molecular weight excluding hydrogens is 371 g/mol. The van der Waals surface area contributed by atoms with E-state index in [0.29, 0.717) is 28.9 Å². The van der Waals surface area contributed by atoms with Gasteiger partial charge in [0, 0.05) is 18.8 Å². The molecule has 2 heterocycles. The van der Waals surface area contributed by atoms with Gasteiger partial charge in [0.2, 0.25) is 5.95 Å². The van der Waals surface area contributed by atoms with Crippen LogP contribution in [0.4, 0.5) is 19.1 Å². The van der Waals surface area contributed by atoms with E-state index in [1.807, 2.05) is 6.92 Å². The Hall–Kier alpha value is -3.36. The Bertz CT molecular complexity index is 1030. The molecule has 1 amide bonds. The van der Waals surface area contributed by atoms with Crippen LogP contribution in [0.5, 0.6) is 0 Å². The van der Waals surface area contributed by atoms with Crippen LogP contribution in [-0.2, 0) is 12.6 Å². The van der Waals surface area contributed by atoms with E-state index in [-0.39, 0.29) is 17.2 Å². The first-order chi connectivity index (χ1) is 13.2. The number of hydrogen-bond acceptors (Lipinski definition) is 4. The second-order valence-electron chi connectivity index (χ2n) is 6.07. The number of rotatable bonds is 4. The van der Waals surface area contributed by atoms with Crippen LogP contribution < -0.4 is 11.1 Å². The van der Waals surface area contributed by atoms with Crippen molar-refractivity contribution in [3.8, 4) is 22.6 Å². The Labute approximate surface area is 159 Å². The molecule has 0 atom stereocenters. The number of nitrogens with one attached hydrogen (secondary N) is 2. The summed E-state index contributed by atoms with van der Waals surface area (Å²) in [6.45, 7) is 1.83. The predicted octanol–water partition coefficient (Wildman–Crippen LogP) is 3.66. The normalized spacial score (nSPS) is 11.5. The molecule has 0 aliphatic heterocycles. The fraction of sp³-hybridized carbons (Fsp3) is 0.211. The SMILES string of the molecule is CCc1ccc(C(F)(F)F)cc1-c1[nH]c(-c2ccnc(N)n2)cc1C(=O)NC. The molecule has 0 unspecified atom stereocenters. The zero-order valence-corrected chi connectivity index (χ0v) is 15.2. The van der Waals surface area contributed by atoms with Crippen molar-refractivity contribution in [3.05, 3.63) is 53.2 Å². The Morgan fingerprint density at radius 1 is 1.25 bits per heavy atom. The summed E-state index contributed by atoms with van der Waals surface area (Å²) in [5.74, 6) is -0.387. The van der Waals surface area contributed by atoms with Gasteiger partial charge < -0.3 is 16.0 Å². The first-order valence-electron chi connectivity index (χ1n) is 8.49. The Morgan fingerprint density at radius 3 is 2.61 bits per heavy atom. The summed E-state index contributed by atoms with van der Waals surface area (Å²) < 4.78 is 39.7. The molecule has 0 fully saturated rings. The van der Waals surface area contributed by atoms with Gasteiger partial charge in [0.25, 0.3) is 5.91 Å². The van der Waals surface area contributed by atoms with Gasteiger partial charge in [-0.2, -0.15) is 13.2 Å². The largest absolute Gasteiger partial charge is 0.416 e. The second-order valence-corrected chi connectivity index (χ2v) is 6.07. The minimum atomic E-state index is -4.50. The molecule has 9 heteroatoms. The van der Waals surface area contributed by atoms with Crippen molar-refractivity contribution in [2.45, 2.75) is 19.5 Å². The van der Waals surface area contributed by atoms with Crippen LogP contribution >= 0.6 is 0 Å². The molecule has 6 nitrogen and oxygen atoms in total. The van der Waals surface area contributed by atoms with E-state index in [9.17, 15) is 18.0 Å². The zero-order valence-electron chi connectivity index (χ0n) is 15.2. The lowest BCUT2D eigenvalue weighted by molar-refractivity contribution is -0.137. The quantitative estimate of drug-likeness (QED) is 0.634. The molecule has 0 spiro atoms. The summed E-state index contributed by atoms with van der Waals surface area (Å²) in [7, 11) is 1.45. The van der Waals surface area contributed by atoms with E-state index in [1.165, 1.54) is 25.4 Å². The first kappa shape index (κ1) is 19.4. The summed E-state index contributed by atoms with van der Waals surface area (Å²) in [5, 5.41) is 2.51. The molecule has 0 aliphatic rings. The van der Waals surface area contributed by atoms with Gasteiger partial charge in [-0.25, -0.2) is 9.97 Å². The van der Waals surface area contributed by atoms with Gasteiger partial charge in [-0.1, -0.05) is 13.0 Å². The fourth-order valence-corrected chi connectivity index (χ4v) is 2.94. The lowest BCUT2D eigenvalue weighted by Crippen LogP contribution is -2.18. The average Bonchev–Trinajstić information content (AvgIpc) is 3.11. The topological polar surface area (TPSA) is 96.7 Å². The Kier molecular flexibility index (Phi) is 5.08. The maximum absolute atomic E-state index is 13.2. The highest BCUT2D eigenvalue weighted by Gasteiger charge is 2.31. The molecule has 0 saturated carbocycles. The van der Waals surface area contributed by atoms with E-state index < -0.39 is 17.6 Å². The number of nitrogens with zero attached hydrogens (tertiary/aromatic N) is 2. The van der Waals surface area contributed by atoms with E-state index in [1.54, 1.807) is 6.07 Å². The number of H-pyrrole nitrogens is 1. The maximum atomic E-state index is 13.2. The van der Waals surface area contributed by atoms with Crippen LogP contribution in [0.1, 0.15) is 28.4 Å². The summed E-state index contributed by atoms with van der Waals surface area (Å²) in [4.78, 5) is 23.3. The maximum Gasteiger partial charge on any atom is 0.416 e. The number of halogens is 3. The molecular formula is C19H18F3N5O. The van der Waals surface area contributed by atoms with Crippen molar-refractivity contribution in [1.82, 2.24) is 20.3 Å². The summed E-state index contributed by atoms with van der Waals surface area (Å²) >= 11 is 0. The molecule has 146 valence electrons. The molecule has 0 bridgehead atoms. The third-order valence-electron chi connectivity index (χ3n) is 4.33. The number of alkyl halides is 3. The molecule has 3 rings (SSSR count). The summed E-state index contributed by atoms with van der Waals surface area (Å²) in [5.41, 5.74) is 7.18. The van der Waals surface area contributed by atoms with Crippen LogP contribution in [0.25, 0.3) is 22.6 Å². The number of aromatic nitrogens is 3. The van der Waals surface area contributed by atoms with Crippen molar-refractivity contribution >= 4 is 11.9 Å². The average molecular weight is 389 g/mol. The van der Waals surface area contributed by atoms with Gasteiger partial charge in [0.05, 0.1) is 28.2 Å². The van der Waals surface area contributed by atoms with E-state index >= 15 is 0 Å². The fourth-order valence-electron chi connectivity index (χ4n) is 2.94. The molecule has 2 aromatic heterocycles. The number of carbonyl (C=O) groups is 1. The number of nitrogens with two attached hydrogens (primary N) is 1. The third kappa shape index (κ3) is 3.68.